The maximum Gasteiger partial charge on any atom is 0.250 e. The van der Waals surface area contributed by atoms with E-state index in [4.69, 9.17) is 5.73 Å². The summed E-state index contributed by atoms with van der Waals surface area (Å²) < 4.78 is 2.03. The van der Waals surface area contributed by atoms with Gasteiger partial charge < -0.3 is 15.3 Å². The zero-order chi connectivity index (χ0) is 17.6. The predicted molar refractivity (Wildman–Crippen MR) is 98.8 cm³/mol. The standard InChI is InChI=1S/C20H18N4O/c1-12-11-16(19(21)25)13(2)24(12)15-9-7-14(8-10-15)20-22-17-5-3-4-6-18(17)23-20/h3-11H,1-2H3,(H2,21,25)(H,22,23). The van der Waals surface area contributed by atoms with Crippen molar-refractivity contribution in [1.29, 1.82) is 0 Å². The molecule has 25 heavy (non-hydrogen) atoms. The van der Waals surface area contributed by atoms with Gasteiger partial charge in [0.05, 0.1) is 16.6 Å². The number of H-pyrrole nitrogens is 1. The molecule has 1 amide bonds. The molecule has 124 valence electrons. The minimum absolute atomic E-state index is 0.404. The first-order valence-corrected chi connectivity index (χ1v) is 8.09. The largest absolute Gasteiger partial charge is 0.366 e. The summed E-state index contributed by atoms with van der Waals surface area (Å²) in [5.74, 6) is 0.435. The number of benzene rings is 2. The van der Waals surface area contributed by atoms with E-state index < -0.39 is 5.91 Å². The van der Waals surface area contributed by atoms with Crippen LogP contribution < -0.4 is 5.73 Å². The Bertz CT molecular complexity index is 1050. The van der Waals surface area contributed by atoms with Gasteiger partial charge in [-0.2, -0.15) is 0 Å². The van der Waals surface area contributed by atoms with Crippen LogP contribution in [0.5, 0.6) is 0 Å². The maximum atomic E-state index is 11.5. The fourth-order valence-corrected chi connectivity index (χ4v) is 3.27. The van der Waals surface area contributed by atoms with Gasteiger partial charge in [0, 0.05) is 22.6 Å². The first kappa shape index (κ1) is 15.2. The molecule has 0 atom stereocenters. The summed E-state index contributed by atoms with van der Waals surface area (Å²) in [5, 5.41) is 0. The molecule has 0 unspecified atom stereocenters. The number of imidazole rings is 1. The third-order valence-electron chi connectivity index (χ3n) is 4.48. The van der Waals surface area contributed by atoms with E-state index in [0.717, 1.165) is 39.5 Å². The molecule has 3 N–H and O–H groups in total. The molecule has 5 heteroatoms. The van der Waals surface area contributed by atoms with Crippen LogP contribution in [-0.2, 0) is 0 Å². The number of aromatic amines is 1. The number of para-hydroxylation sites is 2. The fraction of sp³-hybridized carbons (Fsp3) is 0.100. The van der Waals surface area contributed by atoms with Crippen molar-refractivity contribution in [3.63, 3.8) is 0 Å². The first-order chi connectivity index (χ1) is 12.0. The molecule has 0 saturated heterocycles. The van der Waals surface area contributed by atoms with Gasteiger partial charge in [-0.25, -0.2) is 4.98 Å². The molecule has 0 spiro atoms. The van der Waals surface area contributed by atoms with Gasteiger partial charge in [0.1, 0.15) is 5.82 Å². The molecule has 4 rings (SSSR count). The number of aryl methyl sites for hydroxylation is 1. The summed E-state index contributed by atoms with van der Waals surface area (Å²) in [7, 11) is 0. The molecular weight excluding hydrogens is 312 g/mol. The van der Waals surface area contributed by atoms with Crippen molar-refractivity contribution in [1.82, 2.24) is 14.5 Å². The monoisotopic (exact) mass is 330 g/mol. The highest BCUT2D eigenvalue weighted by Crippen LogP contribution is 2.24. The lowest BCUT2D eigenvalue weighted by molar-refractivity contribution is 0.0999. The van der Waals surface area contributed by atoms with E-state index in [1.165, 1.54) is 0 Å². The average molecular weight is 330 g/mol. The summed E-state index contributed by atoms with van der Waals surface area (Å²) >= 11 is 0. The van der Waals surface area contributed by atoms with Crippen molar-refractivity contribution in [3.8, 4) is 17.1 Å². The number of nitrogens with two attached hydrogens (primary N) is 1. The summed E-state index contributed by atoms with van der Waals surface area (Å²) in [4.78, 5) is 19.5. The number of nitrogens with one attached hydrogen (secondary N) is 1. The van der Waals surface area contributed by atoms with Gasteiger partial charge >= 0.3 is 0 Å². The molecule has 4 aromatic rings. The Kier molecular flexibility index (Phi) is 3.42. The zero-order valence-electron chi connectivity index (χ0n) is 14.1. The van der Waals surface area contributed by atoms with E-state index in [0.29, 0.717) is 5.56 Å². The van der Waals surface area contributed by atoms with Crippen molar-refractivity contribution < 1.29 is 4.79 Å². The number of nitrogens with zero attached hydrogens (tertiary/aromatic N) is 2. The number of rotatable bonds is 3. The maximum absolute atomic E-state index is 11.5. The summed E-state index contributed by atoms with van der Waals surface area (Å²) in [5.41, 5.74) is 11.8. The highest BCUT2D eigenvalue weighted by atomic mass is 16.1. The van der Waals surface area contributed by atoms with Crippen LogP contribution in [0.25, 0.3) is 28.1 Å². The van der Waals surface area contributed by atoms with Gasteiger partial charge in [0.2, 0.25) is 0 Å². The summed E-state index contributed by atoms with van der Waals surface area (Å²) in [6.07, 6.45) is 0. The van der Waals surface area contributed by atoms with Gasteiger partial charge in [-0.05, 0) is 56.3 Å². The van der Waals surface area contributed by atoms with E-state index in [-0.39, 0.29) is 0 Å². The molecule has 0 bridgehead atoms. The second kappa shape index (κ2) is 5.63. The Balaban J connectivity index is 1.74. The van der Waals surface area contributed by atoms with Crippen molar-refractivity contribution in [2.45, 2.75) is 13.8 Å². The second-order valence-electron chi connectivity index (χ2n) is 6.13. The topological polar surface area (TPSA) is 76.7 Å². The molecule has 2 aromatic heterocycles. The molecule has 2 heterocycles. The van der Waals surface area contributed by atoms with Crippen molar-refractivity contribution in [3.05, 3.63) is 71.5 Å². The Morgan fingerprint density at radius 2 is 1.80 bits per heavy atom. The molecule has 2 aromatic carbocycles. The minimum atomic E-state index is -0.404. The SMILES string of the molecule is Cc1cc(C(N)=O)c(C)n1-c1ccc(-c2nc3ccccc3[nH]2)cc1. The molecular formula is C20H18N4O. The van der Waals surface area contributed by atoms with E-state index in [1.54, 1.807) is 0 Å². The van der Waals surface area contributed by atoms with Crippen LogP contribution in [0.1, 0.15) is 21.7 Å². The number of hydrogen-bond acceptors (Lipinski definition) is 2. The molecule has 0 fully saturated rings. The smallest absolute Gasteiger partial charge is 0.250 e. The highest BCUT2D eigenvalue weighted by Gasteiger charge is 2.14. The molecule has 0 aliphatic heterocycles. The highest BCUT2D eigenvalue weighted by molar-refractivity contribution is 5.94. The van der Waals surface area contributed by atoms with Gasteiger partial charge in [-0.15, -0.1) is 0 Å². The first-order valence-electron chi connectivity index (χ1n) is 8.09. The lowest BCUT2D eigenvalue weighted by atomic mass is 10.2. The van der Waals surface area contributed by atoms with Gasteiger partial charge in [0.25, 0.3) is 5.91 Å². The fourth-order valence-electron chi connectivity index (χ4n) is 3.27. The molecule has 5 nitrogen and oxygen atoms in total. The average Bonchev–Trinajstić information content (AvgIpc) is 3.16. The van der Waals surface area contributed by atoms with E-state index in [9.17, 15) is 4.79 Å². The van der Waals surface area contributed by atoms with Crippen LogP contribution in [0.15, 0.2) is 54.6 Å². The molecule has 0 radical (unpaired) electrons. The minimum Gasteiger partial charge on any atom is -0.366 e. The molecule has 0 aliphatic rings. The van der Waals surface area contributed by atoms with Gasteiger partial charge in [-0.1, -0.05) is 12.1 Å². The van der Waals surface area contributed by atoms with E-state index in [1.807, 2.05) is 73.0 Å². The third kappa shape index (κ3) is 2.50. The lowest BCUT2D eigenvalue weighted by Crippen LogP contribution is -2.12. The van der Waals surface area contributed by atoms with Crippen molar-refractivity contribution in [2.24, 2.45) is 5.73 Å². The Morgan fingerprint density at radius 1 is 1.08 bits per heavy atom. The number of primary amides is 1. The van der Waals surface area contributed by atoms with Crippen LogP contribution in [0, 0.1) is 13.8 Å². The van der Waals surface area contributed by atoms with Crippen LogP contribution in [0.4, 0.5) is 0 Å². The van der Waals surface area contributed by atoms with E-state index in [2.05, 4.69) is 9.97 Å². The normalized spacial score (nSPS) is 11.1. The quantitative estimate of drug-likeness (QED) is 0.600. The third-order valence-corrected chi connectivity index (χ3v) is 4.48. The molecule has 0 saturated carbocycles. The summed E-state index contributed by atoms with van der Waals surface area (Å²) in [6.45, 7) is 3.87. The van der Waals surface area contributed by atoms with E-state index >= 15 is 0 Å². The number of carbonyl (C=O) groups is 1. The van der Waals surface area contributed by atoms with Gasteiger partial charge in [-0.3, -0.25) is 4.79 Å². The summed E-state index contributed by atoms with van der Waals surface area (Å²) in [6, 6.07) is 17.9. The second-order valence-corrected chi connectivity index (χ2v) is 6.13. The van der Waals surface area contributed by atoms with Gasteiger partial charge in [0.15, 0.2) is 0 Å². The Hall–Kier alpha value is -3.34. The number of amides is 1. The lowest BCUT2D eigenvalue weighted by Gasteiger charge is -2.10. The van der Waals surface area contributed by atoms with Crippen molar-refractivity contribution in [2.75, 3.05) is 0 Å². The molecule has 0 aliphatic carbocycles. The van der Waals surface area contributed by atoms with Crippen molar-refractivity contribution >= 4 is 16.9 Å². The number of fused-ring (bicyclic) bond motifs is 1. The van der Waals surface area contributed by atoms with Crippen LogP contribution in [-0.4, -0.2) is 20.4 Å². The Morgan fingerprint density at radius 3 is 2.44 bits per heavy atom. The van der Waals surface area contributed by atoms with Crippen LogP contribution >= 0.6 is 0 Å². The number of carbonyl (C=O) groups excluding carboxylic acids is 1. The number of hydrogen-bond donors (Lipinski definition) is 2. The van der Waals surface area contributed by atoms with Crippen LogP contribution in [0.3, 0.4) is 0 Å². The predicted octanol–water partition coefficient (Wildman–Crippen LogP) is 3.74. The number of aromatic nitrogens is 3. The Labute approximate surface area is 145 Å². The van der Waals surface area contributed by atoms with Crippen LogP contribution in [0.2, 0.25) is 0 Å². The zero-order valence-corrected chi connectivity index (χ0v) is 14.1.